The van der Waals surface area contributed by atoms with Crippen LogP contribution in [0.5, 0.6) is 0 Å². The molecular formula is C15H22N2O. The SMILES string of the molecule is CC1(C)CCCN1C(=O)c1ccccc1CCN. The monoisotopic (exact) mass is 246 g/mol. The smallest absolute Gasteiger partial charge is 0.254 e. The predicted molar refractivity (Wildman–Crippen MR) is 73.5 cm³/mol. The van der Waals surface area contributed by atoms with Crippen LogP contribution in [0, 0.1) is 0 Å². The molecule has 1 aliphatic rings. The van der Waals surface area contributed by atoms with Crippen LogP contribution in [0.1, 0.15) is 42.6 Å². The minimum Gasteiger partial charge on any atom is -0.334 e. The Hall–Kier alpha value is -1.35. The highest BCUT2D eigenvalue weighted by Crippen LogP contribution is 2.30. The van der Waals surface area contributed by atoms with Gasteiger partial charge in [-0.25, -0.2) is 0 Å². The molecule has 18 heavy (non-hydrogen) atoms. The van der Waals surface area contributed by atoms with E-state index in [-0.39, 0.29) is 11.4 Å². The van der Waals surface area contributed by atoms with E-state index in [1.54, 1.807) is 0 Å². The molecule has 0 unspecified atom stereocenters. The number of likely N-dealkylation sites (tertiary alicyclic amines) is 1. The van der Waals surface area contributed by atoms with Gasteiger partial charge in [0.1, 0.15) is 0 Å². The second-order valence-electron chi connectivity index (χ2n) is 5.57. The van der Waals surface area contributed by atoms with E-state index in [4.69, 9.17) is 5.73 Å². The Kier molecular flexibility index (Phi) is 3.71. The first-order chi connectivity index (χ1) is 8.56. The minimum atomic E-state index is -0.0209. The molecule has 0 saturated carbocycles. The molecule has 0 radical (unpaired) electrons. The van der Waals surface area contributed by atoms with Gasteiger partial charge in [0, 0.05) is 17.6 Å². The van der Waals surface area contributed by atoms with E-state index in [1.165, 1.54) is 0 Å². The van der Waals surface area contributed by atoms with Crippen molar-refractivity contribution in [3.05, 3.63) is 35.4 Å². The summed E-state index contributed by atoms with van der Waals surface area (Å²) < 4.78 is 0. The van der Waals surface area contributed by atoms with Crippen LogP contribution >= 0.6 is 0 Å². The number of amides is 1. The molecule has 1 aliphatic heterocycles. The van der Waals surface area contributed by atoms with Crippen LogP contribution in [0.2, 0.25) is 0 Å². The zero-order valence-corrected chi connectivity index (χ0v) is 11.3. The molecule has 2 rings (SSSR count). The number of carbonyl (C=O) groups excluding carboxylic acids is 1. The normalized spacial score (nSPS) is 18.1. The van der Waals surface area contributed by atoms with E-state index < -0.39 is 0 Å². The van der Waals surface area contributed by atoms with Crippen LogP contribution < -0.4 is 5.73 Å². The number of hydrogen-bond donors (Lipinski definition) is 1. The van der Waals surface area contributed by atoms with Gasteiger partial charge < -0.3 is 10.6 Å². The molecule has 1 aromatic carbocycles. The number of carbonyl (C=O) groups is 1. The van der Waals surface area contributed by atoms with Crippen LogP contribution in [-0.2, 0) is 6.42 Å². The van der Waals surface area contributed by atoms with Crippen molar-refractivity contribution in [2.45, 2.75) is 38.6 Å². The van der Waals surface area contributed by atoms with Gasteiger partial charge in [0.25, 0.3) is 5.91 Å². The second kappa shape index (κ2) is 5.11. The molecule has 1 heterocycles. The predicted octanol–water partition coefficient (Wildman–Crippen LogP) is 2.20. The number of benzene rings is 1. The van der Waals surface area contributed by atoms with Gasteiger partial charge in [0.2, 0.25) is 0 Å². The third-order valence-corrected chi connectivity index (χ3v) is 3.81. The van der Waals surface area contributed by atoms with E-state index >= 15 is 0 Å². The Morgan fingerprint density at radius 1 is 1.39 bits per heavy atom. The van der Waals surface area contributed by atoms with Crippen molar-refractivity contribution in [2.75, 3.05) is 13.1 Å². The second-order valence-corrected chi connectivity index (χ2v) is 5.57. The largest absolute Gasteiger partial charge is 0.334 e. The van der Waals surface area contributed by atoms with Gasteiger partial charge >= 0.3 is 0 Å². The fraction of sp³-hybridized carbons (Fsp3) is 0.533. The average Bonchev–Trinajstić information content (AvgIpc) is 2.69. The summed E-state index contributed by atoms with van der Waals surface area (Å²) in [7, 11) is 0. The van der Waals surface area contributed by atoms with Crippen molar-refractivity contribution in [3.8, 4) is 0 Å². The number of rotatable bonds is 3. The lowest BCUT2D eigenvalue weighted by Gasteiger charge is -2.32. The molecule has 0 aromatic heterocycles. The van der Waals surface area contributed by atoms with Gasteiger partial charge in [0.15, 0.2) is 0 Å². The molecule has 3 nitrogen and oxygen atoms in total. The van der Waals surface area contributed by atoms with Crippen molar-refractivity contribution in [1.29, 1.82) is 0 Å². The first kappa shape index (κ1) is 13.1. The third-order valence-electron chi connectivity index (χ3n) is 3.81. The Morgan fingerprint density at radius 2 is 2.11 bits per heavy atom. The zero-order valence-electron chi connectivity index (χ0n) is 11.3. The number of hydrogen-bond acceptors (Lipinski definition) is 2. The lowest BCUT2D eigenvalue weighted by Crippen LogP contribution is -2.43. The molecule has 98 valence electrons. The summed E-state index contributed by atoms with van der Waals surface area (Å²) in [5.41, 5.74) is 7.47. The molecule has 0 atom stereocenters. The number of nitrogens with zero attached hydrogens (tertiary/aromatic N) is 1. The van der Waals surface area contributed by atoms with Crippen molar-refractivity contribution in [1.82, 2.24) is 4.90 Å². The molecular weight excluding hydrogens is 224 g/mol. The summed E-state index contributed by atoms with van der Waals surface area (Å²) >= 11 is 0. The van der Waals surface area contributed by atoms with Crippen LogP contribution in [-0.4, -0.2) is 29.4 Å². The first-order valence-electron chi connectivity index (χ1n) is 6.66. The van der Waals surface area contributed by atoms with Crippen LogP contribution in [0.25, 0.3) is 0 Å². The zero-order chi connectivity index (χ0) is 13.2. The maximum absolute atomic E-state index is 12.6. The summed E-state index contributed by atoms with van der Waals surface area (Å²) in [6, 6.07) is 7.82. The Morgan fingerprint density at radius 3 is 2.72 bits per heavy atom. The van der Waals surface area contributed by atoms with Crippen LogP contribution in [0.3, 0.4) is 0 Å². The van der Waals surface area contributed by atoms with E-state index in [1.807, 2.05) is 29.2 Å². The molecule has 2 N–H and O–H groups in total. The standard InChI is InChI=1S/C15H22N2O/c1-15(2)9-5-11-17(15)14(18)13-7-4-3-6-12(13)8-10-16/h3-4,6-7H,5,8-11,16H2,1-2H3. The molecule has 3 heteroatoms. The summed E-state index contributed by atoms with van der Waals surface area (Å²) in [5.74, 6) is 0.154. The van der Waals surface area contributed by atoms with Crippen molar-refractivity contribution in [2.24, 2.45) is 5.73 Å². The van der Waals surface area contributed by atoms with Crippen LogP contribution in [0.4, 0.5) is 0 Å². The maximum Gasteiger partial charge on any atom is 0.254 e. The summed E-state index contributed by atoms with van der Waals surface area (Å²) in [4.78, 5) is 14.6. The van der Waals surface area contributed by atoms with E-state index in [2.05, 4.69) is 13.8 Å². The van der Waals surface area contributed by atoms with Gasteiger partial charge in [0.05, 0.1) is 0 Å². The summed E-state index contributed by atoms with van der Waals surface area (Å²) in [6.45, 7) is 5.73. The maximum atomic E-state index is 12.6. The summed E-state index contributed by atoms with van der Waals surface area (Å²) in [5, 5.41) is 0. The van der Waals surface area contributed by atoms with Gasteiger partial charge in [-0.2, -0.15) is 0 Å². The van der Waals surface area contributed by atoms with Crippen molar-refractivity contribution < 1.29 is 4.79 Å². The Balaban J connectivity index is 2.28. The quantitative estimate of drug-likeness (QED) is 0.888. The molecule has 0 aliphatic carbocycles. The van der Waals surface area contributed by atoms with Crippen molar-refractivity contribution in [3.63, 3.8) is 0 Å². The highest BCUT2D eigenvalue weighted by atomic mass is 16.2. The lowest BCUT2D eigenvalue weighted by atomic mass is 9.99. The van der Waals surface area contributed by atoms with Crippen LogP contribution in [0.15, 0.2) is 24.3 Å². The third kappa shape index (κ3) is 2.41. The molecule has 1 aromatic rings. The van der Waals surface area contributed by atoms with Gasteiger partial charge in [-0.3, -0.25) is 4.79 Å². The van der Waals surface area contributed by atoms with Gasteiger partial charge in [-0.15, -0.1) is 0 Å². The molecule has 1 saturated heterocycles. The number of nitrogens with two attached hydrogens (primary N) is 1. The highest BCUT2D eigenvalue weighted by molar-refractivity contribution is 5.96. The van der Waals surface area contributed by atoms with Gasteiger partial charge in [-0.05, 0) is 51.3 Å². The van der Waals surface area contributed by atoms with Gasteiger partial charge in [-0.1, -0.05) is 18.2 Å². The highest BCUT2D eigenvalue weighted by Gasteiger charge is 2.36. The van der Waals surface area contributed by atoms with Crippen molar-refractivity contribution >= 4 is 5.91 Å². The molecule has 1 fully saturated rings. The summed E-state index contributed by atoms with van der Waals surface area (Å²) in [6.07, 6.45) is 2.94. The fourth-order valence-corrected chi connectivity index (χ4v) is 2.73. The minimum absolute atomic E-state index is 0.0209. The average molecular weight is 246 g/mol. The van der Waals surface area contributed by atoms with E-state index in [0.29, 0.717) is 6.54 Å². The topological polar surface area (TPSA) is 46.3 Å². The molecule has 0 spiro atoms. The Bertz CT molecular complexity index is 440. The molecule has 0 bridgehead atoms. The van der Waals surface area contributed by atoms with E-state index in [9.17, 15) is 4.79 Å². The van der Waals surface area contributed by atoms with E-state index in [0.717, 1.165) is 36.9 Å². The fourth-order valence-electron chi connectivity index (χ4n) is 2.73. The molecule has 1 amide bonds. The first-order valence-corrected chi connectivity index (χ1v) is 6.66. The Labute approximate surface area is 109 Å². The lowest BCUT2D eigenvalue weighted by molar-refractivity contribution is 0.0651.